The smallest absolute Gasteiger partial charge is 0.0951 e. The highest BCUT2D eigenvalue weighted by atomic mass is 16.5. The van der Waals surface area contributed by atoms with Crippen LogP contribution in [0.15, 0.2) is 24.3 Å². The van der Waals surface area contributed by atoms with Gasteiger partial charge in [-0.25, -0.2) is 0 Å². The Labute approximate surface area is 105 Å². The number of benzene rings is 1. The average molecular weight is 235 g/mol. The highest BCUT2D eigenvalue weighted by molar-refractivity contribution is 5.28. The Bertz CT molecular complexity index is 312. The Balaban J connectivity index is 2.56. The van der Waals surface area contributed by atoms with Crippen molar-refractivity contribution in [2.45, 2.75) is 39.2 Å². The van der Waals surface area contributed by atoms with Crippen LogP contribution in [-0.2, 0) is 4.74 Å². The van der Waals surface area contributed by atoms with E-state index < -0.39 is 0 Å². The summed E-state index contributed by atoms with van der Waals surface area (Å²) in [6.07, 6.45) is 3.82. The summed E-state index contributed by atoms with van der Waals surface area (Å²) in [5.41, 5.74) is 2.61. The van der Waals surface area contributed by atoms with Crippen LogP contribution >= 0.6 is 0 Å². The summed E-state index contributed by atoms with van der Waals surface area (Å²) in [6, 6.07) is 8.47. The molecule has 1 aromatic carbocycles. The molecule has 0 fully saturated rings. The van der Waals surface area contributed by atoms with Gasteiger partial charge in [0.25, 0.3) is 0 Å². The van der Waals surface area contributed by atoms with Crippen molar-refractivity contribution < 1.29 is 4.74 Å². The van der Waals surface area contributed by atoms with Crippen molar-refractivity contribution in [1.82, 2.24) is 5.32 Å². The summed E-state index contributed by atoms with van der Waals surface area (Å²) in [5.74, 6) is 0. The summed E-state index contributed by atoms with van der Waals surface area (Å²) in [4.78, 5) is 0. The lowest BCUT2D eigenvalue weighted by atomic mass is 10.0. The van der Waals surface area contributed by atoms with Crippen LogP contribution in [-0.4, -0.2) is 20.2 Å². The van der Waals surface area contributed by atoms with Crippen LogP contribution in [0.1, 0.15) is 43.4 Å². The van der Waals surface area contributed by atoms with E-state index in [4.69, 9.17) is 4.74 Å². The van der Waals surface area contributed by atoms with E-state index >= 15 is 0 Å². The van der Waals surface area contributed by atoms with Crippen molar-refractivity contribution in [2.75, 3.05) is 20.2 Å². The van der Waals surface area contributed by atoms with Crippen molar-refractivity contribution in [3.8, 4) is 0 Å². The molecule has 2 nitrogen and oxygen atoms in total. The monoisotopic (exact) mass is 235 g/mol. The minimum Gasteiger partial charge on any atom is -0.372 e. The first-order chi connectivity index (χ1) is 8.29. The van der Waals surface area contributed by atoms with Gasteiger partial charge in [-0.1, -0.05) is 44.0 Å². The van der Waals surface area contributed by atoms with Crippen LogP contribution in [0.3, 0.4) is 0 Å². The molecule has 1 N–H and O–H groups in total. The number of hydrogen-bond acceptors (Lipinski definition) is 2. The van der Waals surface area contributed by atoms with E-state index in [2.05, 4.69) is 43.4 Å². The highest BCUT2D eigenvalue weighted by Crippen LogP contribution is 2.20. The molecule has 0 aliphatic rings. The van der Waals surface area contributed by atoms with Gasteiger partial charge in [-0.15, -0.1) is 0 Å². The fraction of sp³-hybridized carbons (Fsp3) is 0.600. The third-order valence-corrected chi connectivity index (χ3v) is 2.99. The summed E-state index contributed by atoms with van der Waals surface area (Å²) >= 11 is 0. The van der Waals surface area contributed by atoms with Crippen LogP contribution in [0.4, 0.5) is 0 Å². The molecule has 0 saturated carbocycles. The van der Waals surface area contributed by atoms with Gasteiger partial charge in [0, 0.05) is 13.2 Å². The molecule has 0 heterocycles. The van der Waals surface area contributed by atoms with Gasteiger partial charge in [-0.3, -0.25) is 0 Å². The largest absolute Gasteiger partial charge is 0.372 e. The fourth-order valence-electron chi connectivity index (χ4n) is 1.97. The van der Waals surface area contributed by atoms with Crippen molar-refractivity contribution in [3.05, 3.63) is 35.4 Å². The molecule has 0 spiro atoms. The van der Waals surface area contributed by atoms with Crippen molar-refractivity contribution in [1.29, 1.82) is 0 Å². The molecule has 1 atom stereocenters. The molecule has 17 heavy (non-hydrogen) atoms. The van der Waals surface area contributed by atoms with Gasteiger partial charge < -0.3 is 10.1 Å². The van der Waals surface area contributed by atoms with Gasteiger partial charge in [0.05, 0.1) is 6.10 Å². The number of aryl methyl sites for hydroxylation is 1. The van der Waals surface area contributed by atoms with Crippen molar-refractivity contribution in [2.24, 2.45) is 0 Å². The van der Waals surface area contributed by atoms with Crippen LogP contribution in [0, 0.1) is 6.92 Å². The summed E-state index contributed by atoms with van der Waals surface area (Å²) in [7, 11) is 1.97. The molecule has 0 saturated heterocycles. The first-order valence-corrected chi connectivity index (χ1v) is 6.61. The minimum absolute atomic E-state index is 0.179. The Morgan fingerprint density at radius 1 is 1.24 bits per heavy atom. The molecule has 1 unspecified atom stereocenters. The van der Waals surface area contributed by atoms with Crippen LogP contribution in [0.5, 0.6) is 0 Å². The Morgan fingerprint density at radius 2 is 2.00 bits per heavy atom. The van der Waals surface area contributed by atoms with Gasteiger partial charge in [-0.05, 0) is 31.5 Å². The first-order valence-electron chi connectivity index (χ1n) is 6.61. The molecule has 2 heteroatoms. The van der Waals surface area contributed by atoms with E-state index in [1.807, 2.05) is 7.05 Å². The molecular formula is C15H25NO. The molecule has 0 aliphatic heterocycles. The first kappa shape index (κ1) is 14.2. The van der Waals surface area contributed by atoms with Crippen LogP contribution < -0.4 is 5.32 Å². The number of rotatable bonds is 8. The highest BCUT2D eigenvalue weighted by Gasteiger charge is 2.12. The van der Waals surface area contributed by atoms with Gasteiger partial charge in [-0.2, -0.15) is 0 Å². The maximum absolute atomic E-state index is 5.99. The standard InChI is InChI=1S/C15H25NO/c1-4-5-8-11-17-15(12-16-3)14-10-7-6-9-13(14)2/h6-7,9-10,15-16H,4-5,8,11-12H2,1-3H3. The third-order valence-electron chi connectivity index (χ3n) is 2.99. The number of unbranched alkanes of at least 4 members (excludes halogenated alkanes) is 2. The number of hydrogen-bond donors (Lipinski definition) is 1. The molecule has 96 valence electrons. The van der Waals surface area contributed by atoms with Crippen molar-refractivity contribution >= 4 is 0 Å². The van der Waals surface area contributed by atoms with E-state index in [1.165, 1.54) is 24.0 Å². The zero-order chi connectivity index (χ0) is 12.5. The van der Waals surface area contributed by atoms with E-state index in [9.17, 15) is 0 Å². The molecule has 0 amide bonds. The summed E-state index contributed by atoms with van der Waals surface area (Å²) in [5, 5.41) is 3.21. The molecule has 0 aliphatic carbocycles. The zero-order valence-electron chi connectivity index (χ0n) is 11.3. The second-order valence-corrected chi connectivity index (χ2v) is 4.48. The molecular weight excluding hydrogens is 210 g/mol. The van der Waals surface area contributed by atoms with Gasteiger partial charge in [0.1, 0.15) is 0 Å². The molecule has 1 aromatic rings. The normalized spacial score (nSPS) is 12.6. The molecule has 0 aromatic heterocycles. The SMILES string of the molecule is CCCCCOC(CNC)c1ccccc1C. The number of nitrogens with one attached hydrogen (secondary N) is 1. The lowest BCUT2D eigenvalue weighted by Gasteiger charge is -2.20. The number of likely N-dealkylation sites (N-methyl/N-ethyl adjacent to an activating group) is 1. The van der Waals surface area contributed by atoms with E-state index in [0.29, 0.717) is 0 Å². The van der Waals surface area contributed by atoms with E-state index in [-0.39, 0.29) is 6.10 Å². The van der Waals surface area contributed by atoms with Gasteiger partial charge in [0.2, 0.25) is 0 Å². The second-order valence-electron chi connectivity index (χ2n) is 4.48. The second kappa shape index (κ2) is 8.26. The topological polar surface area (TPSA) is 21.3 Å². The quantitative estimate of drug-likeness (QED) is 0.697. The molecule has 1 rings (SSSR count). The Morgan fingerprint density at radius 3 is 2.65 bits per heavy atom. The van der Waals surface area contributed by atoms with Crippen molar-refractivity contribution in [3.63, 3.8) is 0 Å². The Kier molecular flexibility index (Phi) is 6.90. The molecule has 0 radical (unpaired) electrons. The van der Waals surface area contributed by atoms with Crippen LogP contribution in [0.2, 0.25) is 0 Å². The fourth-order valence-corrected chi connectivity index (χ4v) is 1.97. The van der Waals surface area contributed by atoms with Crippen LogP contribution in [0.25, 0.3) is 0 Å². The maximum Gasteiger partial charge on any atom is 0.0951 e. The zero-order valence-corrected chi connectivity index (χ0v) is 11.3. The summed E-state index contributed by atoms with van der Waals surface area (Å²) in [6.45, 7) is 6.09. The maximum atomic E-state index is 5.99. The predicted molar refractivity (Wildman–Crippen MR) is 73.3 cm³/mol. The third kappa shape index (κ3) is 4.88. The number of ether oxygens (including phenoxy) is 1. The van der Waals surface area contributed by atoms with E-state index in [1.54, 1.807) is 0 Å². The summed E-state index contributed by atoms with van der Waals surface area (Å²) < 4.78 is 5.99. The van der Waals surface area contributed by atoms with Gasteiger partial charge >= 0.3 is 0 Å². The minimum atomic E-state index is 0.179. The lowest BCUT2D eigenvalue weighted by molar-refractivity contribution is 0.0509. The Hall–Kier alpha value is -0.860. The lowest BCUT2D eigenvalue weighted by Crippen LogP contribution is -2.21. The predicted octanol–water partition coefficient (Wildman–Crippen LogP) is 3.46. The van der Waals surface area contributed by atoms with Gasteiger partial charge in [0.15, 0.2) is 0 Å². The van der Waals surface area contributed by atoms with E-state index in [0.717, 1.165) is 19.6 Å². The molecule has 0 bridgehead atoms. The average Bonchev–Trinajstić information content (AvgIpc) is 2.34.